The van der Waals surface area contributed by atoms with Crippen LogP contribution in [0, 0.1) is 5.82 Å². The van der Waals surface area contributed by atoms with Gasteiger partial charge in [-0.1, -0.05) is 6.42 Å². The number of aliphatic imine (C=N–C) groups is 1. The molecule has 3 heterocycles. The molecule has 1 aromatic carbocycles. The lowest BCUT2D eigenvalue weighted by molar-refractivity contribution is 0.0923. The molecule has 0 aliphatic carbocycles. The number of ketones is 1. The summed E-state index contributed by atoms with van der Waals surface area (Å²) in [6.45, 7) is 1.68. The van der Waals surface area contributed by atoms with Gasteiger partial charge in [0.05, 0.1) is 23.3 Å². The predicted molar refractivity (Wildman–Crippen MR) is 86.3 cm³/mol. The van der Waals surface area contributed by atoms with Gasteiger partial charge in [0.25, 0.3) is 0 Å². The standard InChI is InChI=1S/C17H21FN4O/c18-12-9-14-11(15-5-3-7-22(15)17(19)21-14)8-10(12)16(23)13-4-1-2-6-20-13/h8-9,13,15,20H,1-7H2,(H2,19,21). The van der Waals surface area contributed by atoms with E-state index in [1.807, 2.05) is 4.90 Å². The highest BCUT2D eigenvalue weighted by Gasteiger charge is 2.34. The maximum Gasteiger partial charge on any atom is 0.197 e. The van der Waals surface area contributed by atoms with Crippen molar-refractivity contribution in [1.82, 2.24) is 10.2 Å². The van der Waals surface area contributed by atoms with E-state index in [-0.39, 0.29) is 23.4 Å². The van der Waals surface area contributed by atoms with Crippen LogP contribution in [0.4, 0.5) is 10.1 Å². The Hall–Kier alpha value is -1.95. The molecule has 3 aliphatic rings. The fourth-order valence-corrected chi connectivity index (χ4v) is 3.95. The van der Waals surface area contributed by atoms with Crippen molar-refractivity contribution in [3.05, 3.63) is 29.1 Å². The topological polar surface area (TPSA) is 70.7 Å². The molecule has 23 heavy (non-hydrogen) atoms. The first-order valence-electron chi connectivity index (χ1n) is 8.37. The second kappa shape index (κ2) is 5.60. The molecule has 0 aromatic heterocycles. The van der Waals surface area contributed by atoms with Gasteiger partial charge in [-0.25, -0.2) is 9.38 Å². The van der Waals surface area contributed by atoms with Gasteiger partial charge in [-0.15, -0.1) is 0 Å². The monoisotopic (exact) mass is 316 g/mol. The molecule has 4 rings (SSSR count). The van der Waals surface area contributed by atoms with Crippen LogP contribution in [0.5, 0.6) is 0 Å². The zero-order valence-corrected chi connectivity index (χ0v) is 13.0. The van der Waals surface area contributed by atoms with Crippen LogP contribution in [0.3, 0.4) is 0 Å². The van der Waals surface area contributed by atoms with E-state index < -0.39 is 5.82 Å². The van der Waals surface area contributed by atoms with E-state index in [4.69, 9.17) is 5.73 Å². The van der Waals surface area contributed by atoms with E-state index in [9.17, 15) is 9.18 Å². The largest absolute Gasteiger partial charge is 0.369 e. The molecule has 0 saturated carbocycles. The highest BCUT2D eigenvalue weighted by Crippen LogP contribution is 2.41. The number of hydrogen-bond acceptors (Lipinski definition) is 5. The van der Waals surface area contributed by atoms with Crippen LogP contribution in [-0.2, 0) is 0 Å². The van der Waals surface area contributed by atoms with Crippen molar-refractivity contribution in [2.75, 3.05) is 13.1 Å². The summed E-state index contributed by atoms with van der Waals surface area (Å²) in [6.07, 6.45) is 4.85. The molecule has 2 fully saturated rings. The van der Waals surface area contributed by atoms with Crippen LogP contribution in [0.1, 0.15) is 54.1 Å². The molecule has 0 radical (unpaired) electrons. The first kappa shape index (κ1) is 14.6. The minimum atomic E-state index is -0.496. The highest BCUT2D eigenvalue weighted by molar-refractivity contribution is 6.01. The molecular weight excluding hydrogens is 295 g/mol. The third-order valence-electron chi connectivity index (χ3n) is 5.15. The maximum absolute atomic E-state index is 14.5. The summed E-state index contributed by atoms with van der Waals surface area (Å²) in [5, 5.41) is 3.20. The van der Waals surface area contributed by atoms with E-state index in [0.29, 0.717) is 11.6 Å². The minimum absolute atomic E-state index is 0.119. The summed E-state index contributed by atoms with van der Waals surface area (Å²) >= 11 is 0. The number of hydrogen-bond donors (Lipinski definition) is 2. The fraction of sp³-hybridized carbons (Fsp3) is 0.529. The summed E-state index contributed by atoms with van der Waals surface area (Å²) < 4.78 is 14.5. The molecule has 122 valence electrons. The quantitative estimate of drug-likeness (QED) is 0.821. The molecule has 5 nitrogen and oxygen atoms in total. The van der Waals surface area contributed by atoms with Gasteiger partial charge in [0, 0.05) is 18.2 Å². The van der Waals surface area contributed by atoms with Gasteiger partial charge in [-0.05, 0) is 38.3 Å². The van der Waals surface area contributed by atoms with Crippen LogP contribution in [0.25, 0.3) is 0 Å². The van der Waals surface area contributed by atoms with Crippen LogP contribution in [0.15, 0.2) is 17.1 Å². The molecule has 0 bridgehead atoms. The van der Waals surface area contributed by atoms with Crippen LogP contribution in [0.2, 0.25) is 0 Å². The van der Waals surface area contributed by atoms with Crippen molar-refractivity contribution in [3.63, 3.8) is 0 Å². The van der Waals surface area contributed by atoms with Crippen molar-refractivity contribution in [3.8, 4) is 0 Å². The molecule has 2 unspecified atom stereocenters. The molecule has 6 heteroatoms. The number of Topliss-reactive ketones (excluding diaryl/α,β-unsaturated/α-hetero) is 1. The second-order valence-electron chi connectivity index (χ2n) is 6.58. The Morgan fingerprint density at radius 3 is 2.96 bits per heavy atom. The molecule has 1 aromatic rings. The maximum atomic E-state index is 14.5. The SMILES string of the molecule is NC1=Nc2cc(F)c(C(=O)C3CCCCN3)cc2C2CCCN12. The van der Waals surface area contributed by atoms with E-state index >= 15 is 0 Å². The Labute approximate surface area is 134 Å². The van der Waals surface area contributed by atoms with Crippen LogP contribution < -0.4 is 11.1 Å². The summed E-state index contributed by atoms with van der Waals surface area (Å²) in [7, 11) is 0. The first-order valence-corrected chi connectivity index (χ1v) is 8.37. The Balaban J connectivity index is 1.72. The first-order chi connectivity index (χ1) is 11.1. The summed E-state index contributed by atoms with van der Waals surface area (Å²) in [5.41, 5.74) is 7.66. The number of carbonyl (C=O) groups is 1. The number of nitrogens with two attached hydrogens (primary N) is 1. The molecule has 0 spiro atoms. The molecule has 3 aliphatic heterocycles. The summed E-state index contributed by atoms with van der Waals surface area (Å²) in [6, 6.07) is 2.93. The van der Waals surface area contributed by atoms with Gasteiger partial charge in [0.1, 0.15) is 5.82 Å². The van der Waals surface area contributed by atoms with Crippen LogP contribution >= 0.6 is 0 Å². The van der Waals surface area contributed by atoms with E-state index in [1.165, 1.54) is 6.07 Å². The van der Waals surface area contributed by atoms with Crippen molar-refractivity contribution < 1.29 is 9.18 Å². The summed E-state index contributed by atoms with van der Waals surface area (Å²) in [4.78, 5) is 19.1. The lowest BCUT2D eigenvalue weighted by Crippen LogP contribution is -2.41. The normalized spacial score (nSPS) is 26.5. The van der Waals surface area contributed by atoms with Crippen molar-refractivity contribution in [2.45, 2.75) is 44.2 Å². The van der Waals surface area contributed by atoms with Crippen molar-refractivity contribution >= 4 is 17.4 Å². The van der Waals surface area contributed by atoms with E-state index in [1.54, 1.807) is 6.07 Å². The van der Waals surface area contributed by atoms with E-state index in [2.05, 4.69) is 10.3 Å². The van der Waals surface area contributed by atoms with Crippen molar-refractivity contribution in [2.24, 2.45) is 10.7 Å². The lowest BCUT2D eigenvalue weighted by atomic mass is 9.92. The number of nitrogens with one attached hydrogen (secondary N) is 1. The minimum Gasteiger partial charge on any atom is -0.369 e. The number of piperidine rings is 1. The average molecular weight is 316 g/mol. The number of nitrogens with zero attached hydrogens (tertiary/aromatic N) is 2. The zero-order chi connectivity index (χ0) is 16.0. The zero-order valence-electron chi connectivity index (χ0n) is 13.0. The molecular formula is C17H21FN4O. The Morgan fingerprint density at radius 1 is 1.30 bits per heavy atom. The van der Waals surface area contributed by atoms with Gasteiger partial charge in [0.15, 0.2) is 11.7 Å². The third kappa shape index (κ3) is 2.41. The van der Waals surface area contributed by atoms with Crippen molar-refractivity contribution in [1.29, 1.82) is 0 Å². The molecule has 2 atom stereocenters. The van der Waals surface area contributed by atoms with Crippen LogP contribution in [-0.4, -0.2) is 35.8 Å². The number of benzene rings is 1. The molecule has 0 amide bonds. The average Bonchev–Trinajstić information content (AvgIpc) is 3.05. The number of guanidine groups is 1. The number of fused-ring (bicyclic) bond motifs is 3. The van der Waals surface area contributed by atoms with Gasteiger partial charge >= 0.3 is 0 Å². The van der Waals surface area contributed by atoms with Gasteiger partial charge in [-0.3, -0.25) is 4.79 Å². The third-order valence-corrected chi connectivity index (χ3v) is 5.15. The smallest absolute Gasteiger partial charge is 0.197 e. The van der Waals surface area contributed by atoms with E-state index in [0.717, 1.165) is 50.8 Å². The lowest BCUT2D eigenvalue weighted by Gasteiger charge is -2.31. The second-order valence-corrected chi connectivity index (χ2v) is 6.58. The number of rotatable bonds is 2. The van der Waals surface area contributed by atoms with Gasteiger partial charge in [-0.2, -0.15) is 0 Å². The number of carbonyl (C=O) groups excluding carboxylic acids is 1. The Kier molecular flexibility index (Phi) is 3.56. The van der Waals surface area contributed by atoms with Gasteiger partial charge < -0.3 is 16.0 Å². The molecule has 2 saturated heterocycles. The number of halogens is 1. The molecule has 3 N–H and O–H groups in total. The Morgan fingerprint density at radius 2 is 2.17 bits per heavy atom. The Bertz CT molecular complexity index is 681. The fourth-order valence-electron chi connectivity index (χ4n) is 3.95. The predicted octanol–water partition coefficient (Wildman–Crippen LogP) is 2.25. The van der Waals surface area contributed by atoms with Gasteiger partial charge in [0.2, 0.25) is 0 Å². The highest BCUT2D eigenvalue weighted by atomic mass is 19.1. The summed E-state index contributed by atoms with van der Waals surface area (Å²) in [5.74, 6) is -0.186.